The Morgan fingerprint density at radius 3 is 2.33 bits per heavy atom. The van der Waals surface area contributed by atoms with E-state index < -0.39 is 0 Å². The predicted molar refractivity (Wildman–Crippen MR) is 116 cm³/mol. The summed E-state index contributed by atoms with van der Waals surface area (Å²) in [5.41, 5.74) is 7.81. The smallest absolute Gasteiger partial charge is 0.251 e. The molecular formula is C23H31N3O4. The van der Waals surface area contributed by atoms with Crippen LogP contribution in [0.4, 0.5) is 0 Å². The molecule has 1 aliphatic heterocycles. The van der Waals surface area contributed by atoms with E-state index in [1.165, 1.54) is 26.9 Å². The van der Waals surface area contributed by atoms with Crippen LogP contribution in [0.25, 0.3) is 0 Å². The molecule has 7 nitrogen and oxygen atoms in total. The largest absolute Gasteiger partial charge is 0.493 e. The lowest BCUT2D eigenvalue weighted by Crippen LogP contribution is -2.53. The monoisotopic (exact) mass is 413 g/mol. The number of amides is 1. The maximum absolute atomic E-state index is 13.0. The Kier molecular flexibility index (Phi) is 7.54. The fourth-order valence-corrected chi connectivity index (χ4v) is 3.99. The maximum Gasteiger partial charge on any atom is 0.251 e. The summed E-state index contributed by atoms with van der Waals surface area (Å²) >= 11 is 0. The van der Waals surface area contributed by atoms with Crippen LogP contribution in [-0.4, -0.2) is 57.8 Å². The number of piperidine rings is 1. The molecule has 0 bridgehead atoms. The molecule has 1 saturated heterocycles. The Morgan fingerprint density at radius 1 is 1.10 bits per heavy atom. The summed E-state index contributed by atoms with van der Waals surface area (Å²) in [7, 11) is 4.60. The molecule has 0 spiro atoms. The molecule has 1 aliphatic rings. The molecule has 1 heterocycles. The maximum atomic E-state index is 13.0. The van der Waals surface area contributed by atoms with Crippen molar-refractivity contribution in [3.63, 3.8) is 0 Å². The molecule has 1 fully saturated rings. The van der Waals surface area contributed by atoms with Crippen LogP contribution in [0, 0.1) is 5.92 Å². The highest BCUT2D eigenvalue weighted by molar-refractivity contribution is 5.95. The third kappa shape index (κ3) is 5.04. The zero-order valence-corrected chi connectivity index (χ0v) is 17.9. The number of hydrogen-bond acceptors (Lipinski definition) is 6. The number of nitrogens with zero attached hydrogens (tertiary/aromatic N) is 1. The Balaban J connectivity index is 1.68. The van der Waals surface area contributed by atoms with Gasteiger partial charge in [0.05, 0.1) is 21.3 Å². The van der Waals surface area contributed by atoms with Crippen LogP contribution in [0.3, 0.4) is 0 Å². The van der Waals surface area contributed by atoms with Crippen LogP contribution >= 0.6 is 0 Å². The molecule has 2 atom stereocenters. The third-order valence-corrected chi connectivity index (χ3v) is 5.61. The van der Waals surface area contributed by atoms with Crippen molar-refractivity contribution in [1.29, 1.82) is 0 Å². The first-order valence-corrected chi connectivity index (χ1v) is 10.2. The predicted octanol–water partition coefficient (Wildman–Crippen LogP) is 2.29. The zero-order chi connectivity index (χ0) is 21.5. The number of carbonyl (C=O) groups excluding carboxylic acids is 1. The second-order valence-electron chi connectivity index (χ2n) is 7.50. The number of likely N-dealkylation sites (tertiary alicyclic amines) is 1. The number of benzene rings is 2. The summed E-state index contributed by atoms with van der Waals surface area (Å²) in [6.45, 7) is 3.17. The van der Waals surface area contributed by atoms with Crippen LogP contribution in [0.15, 0.2) is 42.5 Å². The van der Waals surface area contributed by atoms with Gasteiger partial charge in [-0.05, 0) is 30.7 Å². The molecule has 0 saturated carbocycles. The van der Waals surface area contributed by atoms with Gasteiger partial charge in [0.25, 0.3) is 5.91 Å². The normalized spacial score (nSPS) is 19.2. The lowest BCUT2D eigenvalue weighted by Gasteiger charge is -2.38. The van der Waals surface area contributed by atoms with Crippen molar-refractivity contribution in [3.05, 3.63) is 53.6 Å². The Hall–Kier alpha value is -2.77. The van der Waals surface area contributed by atoms with E-state index in [2.05, 4.69) is 34.5 Å². The van der Waals surface area contributed by atoms with Gasteiger partial charge < -0.3 is 25.3 Å². The lowest BCUT2D eigenvalue weighted by molar-refractivity contribution is 0.0852. The van der Waals surface area contributed by atoms with E-state index in [9.17, 15) is 4.79 Å². The second-order valence-corrected chi connectivity index (χ2v) is 7.50. The molecule has 7 heteroatoms. The molecule has 1 amide bonds. The number of nitrogens with two attached hydrogens (primary N) is 1. The summed E-state index contributed by atoms with van der Waals surface area (Å²) < 4.78 is 16.1. The van der Waals surface area contributed by atoms with Crippen molar-refractivity contribution in [2.24, 2.45) is 11.7 Å². The highest BCUT2D eigenvalue weighted by Gasteiger charge is 2.30. The van der Waals surface area contributed by atoms with Gasteiger partial charge >= 0.3 is 0 Å². The van der Waals surface area contributed by atoms with Crippen LogP contribution in [0.1, 0.15) is 22.3 Å². The molecule has 2 aromatic carbocycles. The van der Waals surface area contributed by atoms with E-state index >= 15 is 0 Å². The Labute approximate surface area is 178 Å². The fourth-order valence-electron chi connectivity index (χ4n) is 3.99. The van der Waals surface area contributed by atoms with Crippen molar-refractivity contribution < 1.29 is 19.0 Å². The minimum atomic E-state index is -0.172. The number of rotatable bonds is 8. The van der Waals surface area contributed by atoms with Gasteiger partial charge in [-0.15, -0.1) is 0 Å². The van der Waals surface area contributed by atoms with Gasteiger partial charge in [0.2, 0.25) is 5.75 Å². The minimum Gasteiger partial charge on any atom is -0.493 e. The topological polar surface area (TPSA) is 86.1 Å². The van der Waals surface area contributed by atoms with E-state index in [1.54, 1.807) is 12.1 Å². The molecule has 2 aromatic rings. The number of carbonyl (C=O) groups is 1. The van der Waals surface area contributed by atoms with E-state index in [1.807, 2.05) is 6.07 Å². The number of nitrogens with one attached hydrogen (secondary N) is 1. The summed E-state index contributed by atoms with van der Waals surface area (Å²) in [5.74, 6) is 1.39. The first kappa shape index (κ1) is 21.9. The van der Waals surface area contributed by atoms with Gasteiger partial charge in [-0.1, -0.05) is 30.3 Å². The molecule has 3 rings (SSSR count). The molecule has 0 radical (unpaired) electrons. The van der Waals surface area contributed by atoms with Crippen LogP contribution in [0.5, 0.6) is 17.2 Å². The number of hydrogen-bond donors (Lipinski definition) is 2. The average Bonchev–Trinajstić information content (AvgIpc) is 2.79. The van der Waals surface area contributed by atoms with Gasteiger partial charge in [-0.2, -0.15) is 0 Å². The molecule has 0 aromatic heterocycles. The summed E-state index contributed by atoms with van der Waals surface area (Å²) in [5, 5.41) is 3.16. The van der Waals surface area contributed by atoms with Gasteiger partial charge in [-0.25, -0.2) is 0 Å². The summed E-state index contributed by atoms with van der Waals surface area (Å²) in [4.78, 5) is 15.4. The molecule has 162 valence electrons. The molecule has 0 aliphatic carbocycles. The van der Waals surface area contributed by atoms with Crippen molar-refractivity contribution in [2.75, 3.05) is 41.0 Å². The molecule has 3 N–H and O–H groups in total. The second kappa shape index (κ2) is 10.3. The van der Waals surface area contributed by atoms with E-state index in [0.29, 0.717) is 29.4 Å². The summed E-state index contributed by atoms with van der Waals surface area (Å²) in [6.07, 6.45) is 0.852. The lowest BCUT2D eigenvalue weighted by atomic mass is 9.91. The van der Waals surface area contributed by atoms with Crippen molar-refractivity contribution in [3.8, 4) is 17.2 Å². The zero-order valence-electron chi connectivity index (χ0n) is 17.9. The van der Waals surface area contributed by atoms with Crippen LogP contribution in [-0.2, 0) is 6.54 Å². The highest BCUT2D eigenvalue weighted by Crippen LogP contribution is 2.38. The standard InChI is InChI=1S/C23H31N3O4/c1-28-20-11-17(12-21(29-2)22(20)30-3)23(27)25-19-9-10-26(15-18(19)13-24)14-16-7-5-4-6-8-16/h4-8,11-12,18-19H,9-10,13-15,24H2,1-3H3,(H,25,27)/t18-,19-/m0/s1. The molecular weight excluding hydrogens is 382 g/mol. The van der Waals surface area contributed by atoms with Gasteiger partial charge in [-0.3, -0.25) is 9.69 Å². The minimum absolute atomic E-state index is 0.0219. The summed E-state index contributed by atoms with van der Waals surface area (Å²) in [6, 6.07) is 13.8. The van der Waals surface area contributed by atoms with E-state index in [-0.39, 0.29) is 17.9 Å². The average molecular weight is 414 g/mol. The fraction of sp³-hybridized carbons (Fsp3) is 0.435. The first-order valence-electron chi connectivity index (χ1n) is 10.2. The highest BCUT2D eigenvalue weighted by atomic mass is 16.5. The Bertz CT molecular complexity index is 819. The van der Waals surface area contributed by atoms with Crippen LogP contribution < -0.4 is 25.3 Å². The van der Waals surface area contributed by atoms with E-state index in [0.717, 1.165) is 26.1 Å². The van der Waals surface area contributed by atoms with Gasteiger partial charge in [0, 0.05) is 37.2 Å². The van der Waals surface area contributed by atoms with Crippen molar-refractivity contribution in [1.82, 2.24) is 10.2 Å². The molecule has 0 unspecified atom stereocenters. The SMILES string of the molecule is COc1cc(C(=O)N[C@H]2CCN(Cc3ccccc3)C[C@@H]2CN)cc(OC)c1OC. The first-order chi connectivity index (χ1) is 14.6. The number of methoxy groups -OCH3 is 3. The quantitative estimate of drug-likeness (QED) is 0.691. The van der Waals surface area contributed by atoms with Crippen molar-refractivity contribution >= 4 is 5.91 Å². The van der Waals surface area contributed by atoms with Gasteiger partial charge in [0.15, 0.2) is 11.5 Å². The van der Waals surface area contributed by atoms with E-state index in [4.69, 9.17) is 19.9 Å². The van der Waals surface area contributed by atoms with Crippen molar-refractivity contribution in [2.45, 2.75) is 19.0 Å². The van der Waals surface area contributed by atoms with Gasteiger partial charge in [0.1, 0.15) is 0 Å². The third-order valence-electron chi connectivity index (χ3n) is 5.61. The number of ether oxygens (including phenoxy) is 3. The Morgan fingerprint density at radius 2 is 1.77 bits per heavy atom. The molecule has 30 heavy (non-hydrogen) atoms. The van der Waals surface area contributed by atoms with Crippen LogP contribution in [0.2, 0.25) is 0 Å².